The zero-order chi connectivity index (χ0) is 16.6. The van der Waals surface area contributed by atoms with Crippen LogP contribution in [-0.2, 0) is 11.2 Å². The topological polar surface area (TPSA) is 66.6 Å². The van der Waals surface area contributed by atoms with Gasteiger partial charge in [0.2, 0.25) is 5.91 Å². The number of hydrogen-bond donors (Lipinski definition) is 1. The highest BCUT2D eigenvalue weighted by molar-refractivity contribution is 6.11. The molecule has 0 bridgehead atoms. The zero-order valence-corrected chi connectivity index (χ0v) is 13.2. The first-order chi connectivity index (χ1) is 11.0. The van der Waals surface area contributed by atoms with Gasteiger partial charge >= 0.3 is 0 Å². The van der Waals surface area contributed by atoms with Crippen molar-refractivity contribution in [3.63, 3.8) is 0 Å². The summed E-state index contributed by atoms with van der Waals surface area (Å²) in [6.07, 6.45) is 0.463. The standard InChI is InChI=1S/C18H19N3O2/c1-20(2)14-8-5-7-13(10-14)18(23)21-15-9-4-3-6-12(15)11-16(21)17(19)22/h3-10,16H,11H2,1-2H3,(H2,19,22)/t16-/m0/s1. The Kier molecular flexibility index (Phi) is 3.78. The maximum absolute atomic E-state index is 13.0. The minimum Gasteiger partial charge on any atom is -0.378 e. The van der Waals surface area contributed by atoms with E-state index in [-0.39, 0.29) is 5.91 Å². The molecule has 0 saturated heterocycles. The number of primary amides is 1. The van der Waals surface area contributed by atoms with E-state index < -0.39 is 11.9 Å². The van der Waals surface area contributed by atoms with Crippen molar-refractivity contribution in [3.8, 4) is 0 Å². The molecule has 0 aromatic heterocycles. The van der Waals surface area contributed by atoms with E-state index in [1.54, 1.807) is 6.07 Å². The van der Waals surface area contributed by atoms with Gasteiger partial charge in [0.25, 0.3) is 5.91 Å². The summed E-state index contributed by atoms with van der Waals surface area (Å²) in [5.41, 5.74) is 8.72. The van der Waals surface area contributed by atoms with E-state index in [0.717, 1.165) is 16.9 Å². The molecular formula is C18H19N3O2. The van der Waals surface area contributed by atoms with E-state index in [4.69, 9.17) is 5.73 Å². The lowest BCUT2D eigenvalue weighted by molar-refractivity contribution is -0.119. The second-order valence-corrected chi connectivity index (χ2v) is 5.87. The van der Waals surface area contributed by atoms with Crippen LogP contribution in [0.4, 0.5) is 11.4 Å². The van der Waals surface area contributed by atoms with Gasteiger partial charge in [0.15, 0.2) is 0 Å². The molecule has 0 unspecified atom stereocenters. The molecule has 2 aromatic carbocycles. The molecule has 1 heterocycles. The number of nitrogens with zero attached hydrogens (tertiary/aromatic N) is 2. The summed E-state index contributed by atoms with van der Waals surface area (Å²) in [6, 6.07) is 14.2. The number of carbonyl (C=O) groups excluding carboxylic acids is 2. The first kappa shape index (κ1) is 15.1. The van der Waals surface area contributed by atoms with Crippen LogP contribution in [0.1, 0.15) is 15.9 Å². The van der Waals surface area contributed by atoms with Crippen molar-refractivity contribution in [2.24, 2.45) is 5.73 Å². The van der Waals surface area contributed by atoms with Gasteiger partial charge in [0.05, 0.1) is 0 Å². The van der Waals surface area contributed by atoms with Crippen LogP contribution in [-0.4, -0.2) is 32.0 Å². The van der Waals surface area contributed by atoms with Crippen LogP contribution in [0.2, 0.25) is 0 Å². The van der Waals surface area contributed by atoms with Crippen LogP contribution in [0.5, 0.6) is 0 Å². The average molecular weight is 309 g/mol. The highest BCUT2D eigenvalue weighted by Gasteiger charge is 2.37. The van der Waals surface area contributed by atoms with Gasteiger partial charge in [-0.05, 0) is 29.8 Å². The number of anilines is 2. The van der Waals surface area contributed by atoms with E-state index in [2.05, 4.69) is 0 Å². The Hall–Kier alpha value is -2.82. The molecule has 0 aliphatic carbocycles. The zero-order valence-electron chi connectivity index (χ0n) is 13.2. The smallest absolute Gasteiger partial charge is 0.259 e. The molecule has 3 rings (SSSR count). The Bertz CT molecular complexity index is 770. The average Bonchev–Trinajstić information content (AvgIpc) is 2.94. The molecule has 2 amide bonds. The fourth-order valence-corrected chi connectivity index (χ4v) is 2.92. The third kappa shape index (κ3) is 2.65. The molecule has 0 spiro atoms. The fraction of sp³-hybridized carbons (Fsp3) is 0.222. The van der Waals surface area contributed by atoms with E-state index in [0.29, 0.717) is 12.0 Å². The van der Waals surface area contributed by atoms with Gasteiger partial charge in [-0.15, -0.1) is 0 Å². The SMILES string of the molecule is CN(C)c1cccc(C(=O)N2c3ccccc3C[C@H]2C(N)=O)c1. The first-order valence-electron chi connectivity index (χ1n) is 7.47. The van der Waals surface area contributed by atoms with Gasteiger partial charge < -0.3 is 10.6 Å². The summed E-state index contributed by atoms with van der Waals surface area (Å²) in [7, 11) is 3.84. The number of rotatable bonds is 3. The number of carbonyl (C=O) groups is 2. The highest BCUT2D eigenvalue weighted by Crippen LogP contribution is 2.33. The highest BCUT2D eigenvalue weighted by atomic mass is 16.2. The van der Waals surface area contributed by atoms with Gasteiger partial charge in [-0.25, -0.2) is 0 Å². The van der Waals surface area contributed by atoms with Gasteiger partial charge in [0, 0.05) is 37.5 Å². The summed E-state index contributed by atoms with van der Waals surface area (Å²) in [5.74, 6) is -0.694. The monoisotopic (exact) mass is 309 g/mol. The lowest BCUT2D eigenvalue weighted by Crippen LogP contribution is -2.46. The molecule has 1 aliphatic rings. The fourth-order valence-electron chi connectivity index (χ4n) is 2.92. The minimum absolute atomic E-state index is 0.206. The first-order valence-corrected chi connectivity index (χ1v) is 7.47. The van der Waals surface area contributed by atoms with Gasteiger partial charge in [-0.1, -0.05) is 24.3 Å². The van der Waals surface area contributed by atoms with Crippen molar-refractivity contribution in [2.45, 2.75) is 12.5 Å². The predicted molar refractivity (Wildman–Crippen MR) is 90.7 cm³/mol. The third-order valence-electron chi connectivity index (χ3n) is 4.13. The third-order valence-corrected chi connectivity index (χ3v) is 4.13. The molecule has 5 heteroatoms. The number of nitrogens with two attached hydrogens (primary N) is 1. The van der Waals surface area contributed by atoms with Crippen LogP contribution < -0.4 is 15.5 Å². The molecule has 1 atom stereocenters. The van der Waals surface area contributed by atoms with Gasteiger partial charge in [-0.2, -0.15) is 0 Å². The Labute approximate surface area is 135 Å². The number of hydrogen-bond acceptors (Lipinski definition) is 3. The van der Waals surface area contributed by atoms with Crippen molar-refractivity contribution in [1.82, 2.24) is 0 Å². The van der Waals surface area contributed by atoms with Crippen LogP contribution in [0.3, 0.4) is 0 Å². The van der Waals surface area contributed by atoms with Crippen molar-refractivity contribution in [2.75, 3.05) is 23.9 Å². The molecule has 118 valence electrons. The Morgan fingerprint density at radius 3 is 2.57 bits per heavy atom. The second-order valence-electron chi connectivity index (χ2n) is 5.87. The van der Waals surface area contributed by atoms with E-state index in [9.17, 15) is 9.59 Å². The summed E-state index contributed by atoms with van der Waals surface area (Å²) < 4.78 is 0. The van der Waals surface area contributed by atoms with Crippen molar-refractivity contribution >= 4 is 23.2 Å². The minimum atomic E-state index is -0.636. The Morgan fingerprint density at radius 1 is 1.13 bits per heavy atom. The molecule has 2 aromatic rings. The summed E-state index contributed by atoms with van der Waals surface area (Å²) in [4.78, 5) is 28.3. The number of amides is 2. The van der Waals surface area contributed by atoms with Crippen molar-refractivity contribution in [3.05, 3.63) is 59.7 Å². The molecule has 1 aliphatic heterocycles. The lowest BCUT2D eigenvalue weighted by Gasteiger charge is -2.24. The van der Waals surface area contributed by atoms with Gasteiger partial charge in [-0.3, -0.25) is 14.5 Å². The maximum Gasteiger partial charge on any atom is 0.259 e. The summed E-state index contributed by atoms with van der Waals surface area (Å²) in [5, 5.41) is 0. The number of para-hydroxylation sites is 1. The summed E-state index contributed by atoms with van der Waals surface area (Å²) >= 11 is 0. The largest absolute Gasteiger partial charge is 0.378 e. The molecule has 23 heavy (non-hydrogen) atoms. The lowest BCUT2D eigenvalue weighted by atomic mass is 10.1. The van der Waals surface area contributed by atoms with Crippen LogP contribution >= 0.6 is 0 Å². The van der Waals surface area contributed by atoms with Crippen LogP contribution in [0.15, 0.2) is 48.5 Å². The molecular weight excluding hydrogens is 290 g/mol. The predicted octanol–water partition coefficient (Wildman–Crippen LogP) is 1.81. The van der Waals surface area contributed by atoms with E-state index in [1.807, 2.05) is 61.5 Å². The normalized spacial score (nSPS) is 16.1. The molecule has 0 saturated carbocycles. The van der Waals surface area contributed by atoms with Crippen molar-refractivity contribution < 1.29 is 9.59 Å². The van der Waals surface area contributed by atoms with E-state index >= 15 is 0 Å². The van der Waals surface area contributed by atoms with E-state index in [1.165, 1.54) is 4.90 Å². The molecule has 0 fully saturated rings. The summed E-state index contributed by atoms with van der Waals surface area (Å²) in [6.45, 7) is 0. The van der Waals surface area contributed by atoms with Crippen molar-refractivity contribution in [1.29, 1.82) is 0 Å². The Morgan fingerprint density at radius 2 is 1.87 bits per heavy atom. The number of fused-ring (bicyclic) bond motifs is 1. The number of benzene rings is 2. The second kappa shape index (κ2) is 5.76. The van der Waals surface area contributed by atoms with Crippen LogP contribution in [0, 0.1) is 0 Å². The Balaban J connectivity index is 2.03. The van der Waals surface area contributed by atoms with Gasteiger partial charge in [0.1, 0.15) is 6.04 Å². The maximum atomic E-state index is 13.0. The molecule has 0 radical (unpaired) electrons. The quantitative estimate of drug-likeness (QED) is 0.940. The molecule has 5 nitrogen and oxygen atoms in total. The van der Waals surface area contributed by atoms with Crippen LogP contribution in [0.25, 0.3) is 0 Å². The molecule has 2 N–H and O–H groups in total.